The van der Waals surface area contributed by atoms with E-state index >= 15 is 0 Å². The molecule has 0 radical (unpaired) electrons. The van der Waals surface area contributed by atoms with Gasteiger partial charge in [0.15, 0.2) is 10.2 Å². The third kappa shape index (κ3) is 4.79. The van der Waals surface area contributed by atoms with Crippen LogP contribution in [0.4, 0.5) is 5.69 Å². The minimum Gasteiger partial charge on any atom is -0.449 e. The van der Waals surface area contributed by atoms with Gasteiger partial charge in [0, 0.05) is 4.90 Å². The lowest BCUT2D eigenvalue weighted by molar-refractivity contribution is -0.122. The highest BCUT2D eigenvalue weighted by Gasteiger charge is 2.35. The second-order valence-electron chi connectivity index (χ2n) is 6.76. The van der Waals surface area contributed by atoms with E-state index in [0.717, 1.165) is 10.5 Å². The highest BCUT2D eigenvalue weighted by Crippen LogP contribution is 2.37. The Hall–Kier alpha value is -2.10. The molecule has 4 rings (SSSR count). The number of aryl methyl sites for hydroxylation is 1. The van der Waals surface area contributed by atoms with E-state index in [2.05, 4.69) is 21.2 Å². The van der Waals surface area contributed by atoms with E-state index in [1.807, 2.05) is 31.2 Å². The maximum absolute atomic E-state index is 13.1. The van der Waals surface area contributed by atoms with Gasteiger partial charge in [-0.05, 0) is 77.5 Å². The zero-order chi connectivity index (χ0) is 23.0. The predicted molar refractivity (Wildman–Crippen MR) is 134 cm³/mol. The lowest BCUT2D eigenvalue weighted by atomic mass is 10.1. The SMILES string of the molecule is Cc1ccc(Sc2oc(/C=C3\C(=O)NC(=S)N(c4ccc(Cl)c(Cl)c4)C3=O)cc2Br)cc1. The topological polar surface area (TPSA) is 62.6 Å². The quantitative estimate of drug-likeness (QED) is 0.217. The number of furan rings is 1. The molecule has 2 aromatic carbocycles. The van der Waals surface area contributed by atoms with Crippen molar-refractivity contribution < 1.29 is 14.0 Å². The number of thiocarbonyl (C=S) groups is 1. The van der Waals surface area contributed by atoms with Crippen LogP contribution in [-0.4, -0.2) is 16.9 Å². The molecule has 0 saturated carbocycles. The fourth-order valence-corrected chi connectivity index (χ4v) is 4.78. The van der Waals surface area contributed by atoms with Crippen LogP contribution in [0.25, 0.3) is 6.08 Å². The lowest BCUT2D eigenvalue weighted by Crippen LogP contribution is -2.54. The minimum atomic E-state index is -0.614. The van der Waals surface area contributed by atoms with Gasteiger partial charge in [-0.2, -0.15) is 0 Å². The molecule has 1 aliphatic heterocycles. The van der Waals surface area contributed by atoms with Crippen LogP contribution in [-0.2, 0) is 9.59 Å². The minimum absolute atomic E-state index is 0.0493. The molecule has 0 bridgehead atoms. The van der Waals surface area contributed by atoms with Crippen LogP contribution < -0.4 is 10.2 Å². The Labute approximate surface area is 211 Å². The molecule has 1 aliphatic rings. The zero-order valence-corrected chi connectivity index (χ0v) is 21.0. The van der Waals surface area contributed by atoms with Gasteiger partial charge in [-0.1, -0.05) is 52.7 Å². The van der Waals surface area contributed by atoms with Gasteiger partial charge in [0.1, 0.15) is 11.3 Å². The number of carbonyl (C=O) groups is 2. The highest BCUT2D eigenvalue weighted by molar-refractivity contribution is 9.10. The van der Waals surface area contributed by atoms with Gasteiger partial charge in [0.25, 0.3) is 11.8 Å². The van der Waals surface area contributed by atoms with E-state index < -0.39 is 11.8 Å². The summed E-state index contributed by atoms with van der Waals surface area (Å²) in [6.07, 6.45) is 1.38. The fourth-order valence-electron chi connectivity index (χ4n) is 2.88. The Morgan fingerprint density at radius 3 is 2.50 bits per heavy atom. The van der Waals surface area contributed by atoms with Gasteiger partial charge in [0.2, 0.25) is 0 Å². The van der Waals surface area contributed by atoms with Crippen LogP contribution >= 0.6 is 63.1 Å². The van der Waals surface area contributed by atoms with Gasteiger partial charge in [-0.15, -0.1) is 0 Å². The summed E-state index contributed by atoms with van der Waals surface area (Å²) in [5.41, 5.74) is 1.42. The van der Waals surface area contributed by atoms with Gasteiger partial charge in [-0.25, -0.2) is 0 Å². The first kappa shape index (κ1) is 23.1. The summed E-state index contributed by atoms with van der Waals surface area (Å²) in [6.45, 7) is 2.01. The summed E-state index contributed by atoms with van der Waals surface area (Å²) in [7, 11) is 0. The number of anilines is 1. The molecule has 162 valence electrons. The first-order chi connectivity index (χ1) is 15.2. The third-order valence-electron chi connectivity index (χ3n) is 4.46. The van der Waals surface area contributed by atoms with Crippen molar-refractivity contribution >= 4 is 91.8 Å². The molecule has 1 aromatic heterocycles. The number of hydrogen-bond acceptors (Lipinski definition) is 5. The van der Waals surface area contributed by atoms with Crippen LogP contribution in [0.2, 0.25) is 10.0 Å². The van der Waals surface area contributed by atoms with Crippen LogP contribution in [0, 0.1) is 6.92 Å². The molecule has 1 fully saturated rings. The summed E-state index contributed by atoms with van der Waals surface area (Å²) in [5.74, 6) is -0.874. The monoisotopic (exact) mass is 566 g/mol. The Morgan fingerprint density at radius 2 is 1.81 bits per heavy atom. The van der Waals surface area contributed by atoms with E-state index in [1.165, 1.54) is 28.8 Å². The van der Waals surface area contributed by atoms with E-state index in [0.29, 0.717) is 26.0 Å². The number of hydrogen-bond donors (Lipinski definition) is 1. The molecule has 3 aromatic rings. The average Bonchev–Trinajstić information content (AvgIpc) is 3.08. The Balaban J connectivity index is 1.64. The molecule has 10 heteroatoms. The van der Waals surface area contributed by atoms with Crippen molar-refractivity contribution in [1.29, 1.82) is 0 Å². The maximum atomic E-state index is 13.1. The van der Waals surface area contributed by atoms with E-state index in [1.54, 1.807) is 18.2 Å². The molecule has 32 heavy (non-hydrogen) atoms. The van der Waals surface area contributed by atoms with Gasteiger partial charge >= 0.3 is 0 Å². The molecule has 0 atom stereocenters. The van der Waals surface area contributed by atoms with Crippen molar-refractivity contribution in [3.8, 4) is 0 Å². The first-order valence-corrected chi connectivity index (χ1v) is 11.9. The number of benzene rings is 2. The summed E-state index contributed by atoms with van der Waals surface area (Å²) in [5, 5.41) is 3.67. The number of carbonyl (C=O) groups excluding carboxylic acids is 2. The van der Waals surface area contributed by atoms with Crippen molar-refractivity contribution in [2.45, 2.75) is 16.9 Å². The van der Waals surface area contributed by atoms with Crippen LogP contribution in [0.1, 0.15) is 11.3 Å². The lowest BCUT2D eigenvalue weighted by Gasteiger charge is -2.28. The van der Waals surface area contributed by atoms with Crippen molar-refractivity contribution in [2.75, 3.05) is 4.90 Å². The third-order valence-corrected chi connectivity index (χ3v) is 7.33. The van der Waals surface area contributed by atoms with E-state index in [9.17, 15) is 9.59 Å². The molecule has 2 amide bonds. The molecule has 0 unspecified atom stereocenters. The summed E-state index contributed by atoms with van der Waals surface area (Å²) >= 11 is 22.1. The Kier molecular flexibility index (Phi) is 6.78. The van der Waals surface area contributed by atoms with E-state index in [-0.39, 0.29) is 15.7 Å². The smallest absolute Gasteiger partial charge is 0.270 e. The molecule has 1 N–H and O–H groups in total. The number of halogens is 3. The molecule has 5 nitrogen and oxygen atoms in total. The Morgan fingerprint density at radius 1 is 1.09 bits per heavy atom. The van der Waals surface area contributed by atoms with Gasteiger partial charge in [-0.3, -0.25) is 19.8 Å². The Bertz CT molecular complexity index is 1290. The number of amides is 2. The fraction of sp³-hybridized carbons (Fsp3) is 0.0455. The second kappa shape index (κ2) is 9.41. The number of nitrogens with zero attached hydrogens (tertiary/aromatic N) is 1. The van der Waals surface area contributed by atoms with Gasteiger partial charge in [0.05, 0.1) is 20.2 Å². The molecule has 2 heterocycles. The summed E-state index contributed by atoms with van der Waals surface area (Å²) < 4.78 is 6.57. The molecular weight excluding hydrogens is 555 g/mol. The molecule has 0 spiro atoms. The highest BCUT2D eigenvalue weighted by atomic mass is 79.9. The summed E-state index contributed by atoms with van der Waals surface area (Å²) in [6, 6.07) is 14.3. The zero-order valence-electron chi connectivity index (χ0n) is 16.3. The largest absolute Gasteiger partial charge is 0.449 e. The second-order valence-corrected chi connectivity index (χ2v) is 9.86. The average molecular weight is 568 g/mol. The van der Waals surface area contributed by atoms with Gasteiger partial charge < -0.3 is 4.42 Å². The first-order valence-electron chi connectivity index (χ1n) is 9.13. The maximum Gasteiger partial charge on any atom is 0.270 e. The molecule has 1 saturated heterocycles. The summed E-state index contributed by atoms with van der Waals surface area (Å²) in [4.78, 5) is 27.8. The van der Waals surface area contributed by atoms with Crippen LogP contribution in [0.5, 0.6) is 0 Å². The van der Waals surface area contributed by atoms with Crippen molar-refractivity contribution in [3.05, 3.63) is 79.9 Å². The number of rotatable bonds is 4. The van der Waals surface area contributed by atoms with E-state index in [4.69, 9.17) is 39.8 Å². The van der Waals surface area contributed by atoms with Crippen molar-refractivity contribution in [1.82, 2.24) is 5.32 Å². The number of nitrogens with one attached hydrogen (secondary N) is 1. The van der Waals surface area contributed by atoms with Crippen molar-refractivity contribution in [3.63, 3.8) is 0 Å². The normalized spacial score (nSPS) is 15.4. The molecule has 0 aliphatic carbocycles. The standard InChI is InChI=1S/C22H13BrCl2N2O3S2/c1-11-2-5-14(6-3-11)32-21-16(23)10-13(30-21)9-15-19(28)26-22(31)27(20(15)29)12-4-7-17(24)18(25)8-12/h2-10H,1H3,(H,26,28,31)/b15-9+. The van der Waals surface area contributed by atoms with Crippen LogP contribution in [0.15, 0.2) is 73.0 Å². The van der Waals surface area contributed by atoms with Crippen LogP contribution in [0.3, 0.4) is 0 Å². The molecular formula is C22H13BrCl2N2O3S2. The van der Waals surface area contributed by atoms with Crippen molar-refractivity contribution in [2.24, 2.45) is 0 Å². The predicted octanol–water partition coefficient (Wildman–Crippen LogP) is 6.64.